The van der Waals surface area contributed by atoms with Crippen LogP contribution in [0.2, 0.25) is 0 Å². The van der Waals surface area contributed by atoms with E-state index in [9.17, 15) is 4.79 Å². The molecule has 0 bridgehead atoms. The maximum Gasteiger partial charge on any atom is 0.246 e. The van der Waals surface area contributed by atoms with Crippen LogP contribution in [-0.4, -0.2) is 61.9 Å². The lowest BCUT2D eigenvalue weighted by Crippen LogP contribution is -2.47. The zero-order valence-electron chi connectivity index (χ0n) is 19.3. The summed E-state index contributed by atoms with van der Waals surface area (Å²) < 4.78 is 1.79. The SMILES string of the molecule is C=CC(=O)N1CCN(Cc2ccc(-c3ccc4[nH]nc(/C=C/c5cnn(C)c5)c4c3)cc2)CC1. The van der Waals surface area contributed by atoms with Gasteiger partial charge in [0, 0.05) is 56.9 Å². The minimum atomic E-state index is 0.0225. The van der Waals surface area contributed by atoms with Crippen molar-refractivity contribution in [2.24, 2.45) is 7.05 Å². The van der Waals surface area contributed by atoms with Crippen LogP contribution in [0.4, 0.5) is 0 Å². The second-order valence-corrected chi connectivity index (χ2v) is 8.65. The normalized spacial score (nSPS) is 14.8. The van der Waals surface area contributed by atoms with E-state index in [1.165, 1.54) is 17.2 Å². The number of hydrogen-bond donors (Lipinski definition) is 1. The van der Waals surface area contributed by atoms with Crippen LogP contribution in [-0.2, 0) is 18.4 Å². The molecule has 1 N–H and O–H groups in total. The molecule has 0 saturated carbocycles. The molecule has 4 aromatic rings. The average molecular weight is 453 g/mol. The summed E-state index contributed by atoms with van der Waals surface area (Å²) in [5, 5.41) is 12.9. The van der Waals surface area contributed by atoms with Crippen LogP contribution >= 0.6 is 0 Å². The third-order valence-electron chi connectivity index (χ3n) is 6.30. The number of rotatable bonds is 6. The van der Waals surface area contributed by atoms with Crippen LogP contribution in [0.5, 0.6) is 0 Å². The molecule has 0 unspecified atom stereocenters. The summed E-state index contributed by atoms with van der Waals surface area (Å²) in [6, 6.07) is 15.1. The number of fused-ring (bicyclic) bond motifs is 1. The molecule has 1 aliphatic heterocycles. The van der Waals surface area contributed by atoms with Gasteiger partial charge in [0.2, 0.25) is 5.91 Å². The van der Waals surface area contributed by atoms with Crippen molar-refractivity contribution in [2.45, 2.75) is 6.54 Å². The van der Waals surface area contributed by atoms with Gasteiger partial charge in [0.05, 0.1) is 17.4 Å². The molecule has 2 aromatic heterocycles. The Morgan fingerprint density at radius 3 is 2.53 bits per heavy atom. The van der Waals surface area contributed by atoms with Crippen LogP contribution < -0.4 is 0 Å². The minimum absolute atomic E-state index is 0.0225. The second kappa shape index (κ2) is 9.49. The van der Waals surface area contributed by atoms with Gasteiger partial charge in [-0.15, -0.1) is 0 Å². The van der Waals surface area contributed by atoms with Gasteiger partial charge in [0.25, 0.3) is 0 Å². The fraction of sp³-hybridized carbons (Fsp3) is 0.222. The quantitative estimate of drug-likeness (QED) is 0.450. The van der Waals surface area contributed by atoms with Crippen molar-refractivity contribution in [2.75, 3.05) is 26.2 Å². The molecule has 34 heavy (non-hydrogen) atoms. The Bertz CT molecular complexity index is 1340. The van der Waals surface area contributed by atoms with E-state index >= 15 is 0 Å². The molecule has 172 valence electrons. The monoisotopic (exact) mass is 452 g/mol. The molecule has 1 amide bonds. The van der Waals surface area contributed by atoms with Gasteiger partial charge in [0.1, 0.15) is 0 Å². The van der Waals surface area contributed by atoms with Crippen molar-refractivity contribution in [1.29, 1.82) is 0 Å². The Hall–Kier alpha value is -3.97. The molecule has 3 heterocycles. The number of carbonyl (C=O) groups excluding carboxylic acids is 1. The van der Waals surface area contributed by atoms with E-state index in [2.05, 4.69) is 69.2 Å². The lowest BCUT2D eigenvalue weighted by Gasteiger charge is -2.34. The predicted molar refractivity (Wildman–Crippen MR) is 136 cm³/mol. The van der Waals surface area contributed by atoms with Gasteiger partial charge in [-0.25, -0.2) is 0 Å². The first-order valence-electron chi connectivity index (χ1n) is 11.5. The fourth-order valence-electron chi connectivity index (χ4n) is 4.36. The van der Waals surface area contributed by atoms with E-state index in [-0.39, 0.29) is 5.91 Å². The Morgan fingerprint density at radius 1 is 1.06 bits per heavy atom. The summed E-state index contributed by atoms with van der Waals surface area (Å²) in [7, 11) is 1.91. The van der Waals surface area contributed by atoms with Gasteiger partial charge in [-0.05, 0) is 47.1 Å². The van der Waals surface area contributed by atoms with Crippen molar-refractivity contribution in [3.63, 3.8) is 0 Å². The van der Waals surface area contributed by atoms with E-state index in [0.29, 0.717) is 0 Å². The number of H-pyrrole nitrogens is 1. The topological polar surface area (TPSA) is 70.1 Å². The smallest absolute Gasteiger partial charge is 0.246 e. The largest absolute Gasteiger partial charge is 0.337 e. The zero-order valence-corrected chi connectivity index (χ0v) is 19.3. The molecule has 7 nitrogen and oxygen atoms in total. The summed E-state index contributed by atoms with van der Waals surface area (Å²) >= 11 is 0. The fourth-order valence-corrected chi connectivity index (χ4v) is 4.36. The van der Waals surface area contributed by atoms with Crippen molar-refractivity contribution >= 4 is 29.0 Å². The molecule has 1 fully saturated rings. The van der Waals surface area contributed by atoms with Crippen molar-refractivity contribution < 1.29 is 4.79 Å². The Morgan fingerprint density at radius 2 is 1.82 bits per heavy atom. The Labute approximate surface area is 199 Å². The maximum absolute atomic E-state index is 11.8. The van der Waals surface area contributed by atoms with Gasteiger partial charge >= 0.3 is 0 Å². The van der Waals surface area contributed by atoms with E-state index in [4.69, 9.17) is 0 Å². The van der Waals surface area contributed by atoms with Gasteiger partial charge in [-0.3, -0.25) is 19.5 Å². The van der Waals surface area contributed by atoms with Crippen molar-refractivity contribution in [3.8, 4) is 11.1 Å². The molecule has 2 aromatic carbocycles. The highest BCUT2D eigenvalue weighted by Gasteiger charge is 2.19. The average Bonchev–Trinajstić information content (AvgIpc) is 3.48. The van der Waals surface area contributed by atoms with Gasteiger partial charge in [0.15, 0.2) is 0 Å². The first kappa shape index (κ1) is 21.9. The number of amides is 1. The Kier molecular flexibility index (Phi) is 6.10. The van der Waals surface area contributed by atoms with E-state index in [1.54, 1.807) is 4.68 Å². The summed E-state index contributed by atoms with van der Waals surface area (Å²) in [5.41, 5.74) is 6.57. The van der Waals surface area contributed by atoms with Gasteiger partial charge in [-0.2, -0.15) is 10.2 Å². The lowest BCUT2D eigenvalue weighted by molar-refractivity contribution is -0.127. The lowest BCUT2D eigenvalue weighted by atomic mass is 10.0. The molecule has 1 saturated heterocycles. The molecule has 0 radical (unpaired) electrons. The summed E-state index contributed by atoms with van der Waals surface area (Å²) in [6.45, 7) is 7.75. The van der Waals surface area contributed by atoms with Crippen LogP contribution in [0.3, 0.4) is 0 Å². The minimum Gasteiger partial charge on any atom is -0.337 e. The van der Waals surface area contributed by atoms with E-state index in [1.807, 2.05) is 36.5 Å². The summed E-state index contributed by atoms with van der Waals surface area (Å²) in [4.78, 5) is 16.0. The number of aromatic amines is 1. The number of carbonyl (C=O) groups is 1. The molecule has 0 spiro atoms. The molecule has 5 rings (SSSR count). The standard InChI is InChI=1S/C27H28N6O/c1-3-27(34)33-14-12-32(13-15-33)19-20-4-7-22(8-5-20)23-9-11-26-24(16-23)25(29-30-26)10-6-21-17-28-31(2)18-21/h3-11,16-18H,1,12-15,19H2,2H3,(H,29,30)/b10-6+. The number of aromatic nitrogens is 4. The summed E-state index contributed by atoms with van der Waals surface area (Å²) in [6.07, 6.45) is 9.25. The zero-order chi connectivity index (χ0) is 23.5. The van der Waals surface area contributed by atoms with Crippen molar-refractivity contribution in [3.05, 3.63) is 84.3 Å². The number of nitrogens with zero attached hydrogens (tertiary/aromatic N) is 5. The molecule has 7 heteroatoms. The Balaban J connectivity index is 1.28. The molecule has 0 atom stereocenters. The third kappa shape index (κ3) is 4.70. The van der Waals surface area contributed by atoms with Crippen LogP contribution in [0.1, 0.15) is 16.8 Å². The molecular weight excluding hydrogens is 424 g/mol. The second-order valence-electron chi connectivity index (χ2n) is 8.65. The van der Waals surface area contributed by atoms with E-state index in [0.717, 1.165) is 60.4 Å². The van der Waals surface area contributed by atoms with Crippen LogP contribution in [0.25, 0.3) is 34.2 Å². The maximum atomic E-state index is 11.8. The van der Waals surface area contributed by atoms with E-state index < -0.39 is 0 Å². The number of benzene rings is 2. The predicted octanol–water partition coefficient (Wildman–Crippen LogP) is 3.96. The highest BCUT2D eigenvalue weighted by molar-refractivity contribution is 5.92. The molecular formula is C27H28N6O. The molecule has 0 aliphatic carbocycles. The number of aryl methyl sites for hydroxylation is 1. The number of hydrogen-bond acceptors (Lipinski definition) is 4. The highest BCUT2D eigenvalue weighted by Crippen LogP contribution is 2.27. The highest BCUT2D eigenvalue weighted by atomic mass is 16.2. The molecule has 1 aliphatic rings. The van der Waals surface area contributed by atoms with Gasteiger partial charge < -0.3 is 4.90 Å². The van der Waals surface area contributed by atoms with Crippen molar-refractivity contribution in [1.82, 2.24) is 29.8 Å². The first-order chi connectivity index (χ1) is 16.6. The third-order valence-corrected chi connectivity index (χ3v) is 6.30. The first-order valence-corrected chi connectivity index (χ1v) is 11.5. The number of nitrogens with one attached hydrogen (secondary N) is 1. The van der Waals surface area contributed by atoms with Crippen LogP contribution in [0.15, 0.2) is 67.5 Å². The number of piperazine rings is 1. The summed E-state index contributed by atoms with van der Waals surface area (Å²) in [5.74, 6) is 0.0225. The van der Waals surface area contributed by atoms with Crippen LogP contribution in [0, 0.1) is 0 Å². The van der Waals surface area contributed by atoms with Gasteiger partial charge in [-0.1, -0.05) is 36.9 Å².